The summed E-state index contributed by atoms with van der Waals surface area (Å²) in [5, 5.41) is 4.77. The summed E-state index contributed by atoms with van der Waals surface area (Å²) >= 11 is 0. The predicted octanol–water partition coefficient (Wildman–Crippen LogP) is -2.55. The Morgan fingerprint density at radius 1 is 1.29 bits per heavy atom. The Morgan fingerprint density at radius 3 is 2.71 bits per heavy atom. The number of amides is 1. The number of nitrogens with one attached hydrogen (secondary N) is 3. The van der Waals surface area contributed by atoms with Crippen LogP contribution in [-0.2, 0) is 0 Å². The van der Waals surface area contributed by atoms with Crippen LogP contribution in [0.2, 0.25) is 0 Å². The number of aromatic amines is 1. The van der Waals surface area contributed by atoms with Crippen molar-refractivity contribution in [2.45, 2.75) is 5.91 Å². The molecule has 0 bridgehead atoms. The predicted molar refractivity (Wildman–Crippen MR) is 47.1 cm³/mol. The maximum absolute atomic E-state index is 11.3. The Labute approximate surface area is 77.7 Å². The van der Waals surface area contributed by atoms with Gasteiger partial charge >= 0.3 is 0 Å². The zero-order chi connectivity index (χ0) is 10.3. The largest absolute Gasteiger partial charge is 0.321 e. The monoisotopic (exact) mass is 196 g/mol. The zero-order valence-electron chi connectivity index (χ0n) is 7.00. The van der Waals surface area contributed by atoms with Crippen LogP contribution in [0.4, 0.5) is 5.82 Å². The van der Waals surface area contributed by atoms with E-state index in [9.17, 15) is 9.59 Å². The van der Waals surface area contributed by atoms with Crippen LogP contribution in [0.3, 0.4) is 0 Å². The molecule has 74 valence electrons. The van der Waals surface area contributed by atoms with E-state index >= 15 is 0 Å². The minimum Gasteiger partial charge on any atom is -0.321 e. The number of carbonyl (C=O) groups is 1. The number of nitrogens with zero attached hydrogens (tertiary/aromatic N) is 1. The third kappa shape index (κ3) is 1.32. The van der Waals surface area contributed by atoms with Crippen LogP contribution in [0.25, 0.3) is 0 Å². The fourth-order valence-corrected chi connectivity index (χ4v) is 1.14. The fraction of sp³-hybridized carbons (Fsp3) is 0.167. The van der Waals surface area contributed by atoms with Crippen LogP contribution in [0.5, 0.6) is 0 Å². The number of hydrogen-bond donors (Lipinski definition) is 5. The molecule has 1 amide bonds. The molecule has 0 atom stereocenters. The van der Waals surface area contributed by atoms with Gasteiger partial charge in [0.2, 0.25) is 5.91 Å². The van der Waals surface area contributed by atoms with Crippen molar-refractivity contribution < 1.29 is 4.79 Å². The number of nitrogens with two attached hydrogens (primary N) is 2. The Kier molecular flexibility index (Phi) is 1.56. The fourth-order valence-electron chi connectivity index (χ4n) is 1.14. The third-order valence-corrected chi connectivity index (χ3v) is 1.67. The average molecular weight is 196 g/mol. The van der Waals surface area contributed by atoms with Crippen LogP contribution >= 0.6 is 0 Å². The summed E-state index contributed by atoms with van der Waals surface area (Å²) in [7, 11) is 0. The second-order valence-electron chi connectivity index (χ2n) is 2.92. The summed E-state index contributed by atoms with van der Waals surface area (Å²) in [5.41, 5.74) is 10.4. The van der Waals surface area contributed by atoms with Crippen molar-refractivity contribution >= 4 is 11.7 Å². The molecule has 0 unspecified atom stereocenters. The summed E-state index contributed by atoms with van der Waals surface area (Å²) in [4.78, 5) is 28.2. The van der Waals surface area contributed by atoms with Gasteiger partial charge in [0.05, 0.1) is 6.20 Å². The lowest BCUT2D eigenvalue weighted by Crippen LogP contribution is -2.70. The van der Waals surface area contributed by atoms with E-state index in [0.717, 1.165) is 6.20 Å². The molecule has 2 heterocycles. The summed E-state index contributed by atoms with van der Waals surface area (Å²) in [6.45, 7) is 0. The van der Waals surface area contributed by atoms with Crippen LogP contribution < -0.4 is 27.7 Å². The maximum Gasteiger partial charge on any atom is 0.275 e. The number of fused-ring (bicyclic) bond motifs is 1. The molecule has 8 heteroatoms. The van der Waals surface area contributed by atoms with E-state index in [1.54, 1.807) is 0 Å². The second kappa shape index (κ2) is 2.53. The normalized spacial score (nSPS) is 18.0. The van der Waals surface area contributed by atoms with Gasteiger partial charge in [-0.25, -0.2) is 4.98 Å². The Hall–Kier alpha value is -1.93. The van der Waals surface area contributed by atoms with Gasteiger partial charge in [0.15, 0.2) is 5.82 Å². The Balaban J connectivity index is 2.56. The van der Waals surface area contributed by atoms with Crippen LogP contribution in [0.15, 0.2) is 11.0 Å². The maximum atomic E-state index is 11.3. The average Bonchev–Trinajstić information content (AvgIpc) is 2.05. The molecule has 1 aromatic rings. The lowest BCUT2D eigenvalue weighted by Gasteiger charge is -2.31. The van der Waals surface area contributed by atoms with Crippen molar-refractivity contribution in [1.82, 2.24) is 15.3 Å². The number of hydrogen-bond acceptors (Lipinski definition) is 6. The number of aromatic nitrogens is 2. The van der Waals surface area contributed by atoms with Crippen LogP contribution in [0.1, 0.15) is 10.5 Å². The van der Waals surface area contributed by atoms with E-state index < -0.39 is 17.4 Å². The minimum absolute atomic E-state index is 0.0176. The van der Waals surface area contributed by atoms with Crippen LogP contribution in [-0.4, -0.2) is 21.8 Å². The molecular formula is C6H8N6O2. The molecule has 1 aromatic heterocycles. The second-order valence-corrected chi connectivity index (χ2v) is 2.92. The number of carbonyl (C=O) groups excluding carboxylic acids is 1. The molecule has 0 aliphatic carbocycles. The van der Waals surface area contributed by atoms with Crippen molar-refractivity contribution in [2.24, 2.45) is 11.5 Å². The number of H-pyrrole nitrogens is 1. The number of anilines is 1. The Bertz CT molecular complexity index is 450. The van der Waals surface area contributed by atoms with Crippen molar-refractivity contribution in [2.75, 3.05) is 5.32 Å². The van der Waals surface area contributed by atoms with Gasteiger partial charge in [0.25, 0.3) is 11.5 Å². The highest BCUT2D eigenvalue weighted by Crippen LogP contribution is 2.13. The topological polar surface area (TPSA) is 139 Å². The molecule has 14 heavy (non-hydrogen) atoms. The van der Waals surface area contributed by atoms with Crippen LogP contribution in [0, 0.1) is 0 Å². The summed E-state index contributed by atoms with van der Waals surface area (Å²) < 4.78 is 0. The van der Waals surface area contributed by atoms with E-state index in [-0.39, 0.29) is 11.5 Å². The van der Waals surface area contributed by atoms with Gasteiger partial charge in [0, 0.05) is 0 Å². The SMILES string of the molecule is NC1(N)NC(=O)c2[nH]c(=O)cnc2N1. The van der Waals surface area contributed by atoms with Crippen molar-refractivity contribution in [3.05, 3.63) is 22.2 Å². The molecule has 0 spiro atoms. The van der Waals surface area contributed by atoms with Crippen molar-refractivity contribution in [1.29, 1.82) is 0 Å². The molecule has 0 fully saturated rings. The van der Waals surface area contributed by atoms with Gasteiger partial charge in [-0.3, -0.25) is 21.1 Å². The molecule has 0 radical (unpaired) electrons. The van der Waals surface area contributed by atoms with Crippen molar-refractivity contribution in [3.63, 3.8) is 0 Å². The van der Waals surface area contributed by atoms with E-state index in [1.807, 2.05) is 0 Å². The van der Waals surface area contributed by atoms with E-state index in [1.165, 1.54) is 0 Å². The summed E-state index contributed by atoms with van der Waals surface area (Å²) in [6.07, 6.45) is 1.03. The zero-order valence-corrected chi connectivity index (χ0v) is 7.00. The number of rotatable bonds is 0. The van der Waals surface area contributed by atoms with Gasteiger partial charge in [0.1, 0.15) is 5.69 Å². The highest BCUT2D eigenvalue weighted by molar-refractivity contribution is 5.99. The molecule has 0 aromatic carbocycles. The van der Waals surface area contributed by atoms with Crippen molar-refractivity contribution in [3.8, 4) is 0 Å². The molecule has 0 saturated carbocycles. The lowest BCUT2D eigenvalue weighted by molar-refractivity contribution is 0.0898. The summed E-state index contributed by atoms with van der Waals surface area (Å²) in [6, 6.07) is 0. The quantitative estimate of drug-likeness (QED) is 0.289. The first-order chi connectivity index (χ1) is 6.48. The molecule has 7 N–H and O–H groups in total. The van der Waals surface area contributed by atoms with Gasteiger partial charge in [-0.1, -0.05) is 0 Å². The van der Waals surface area contributed by atoms with Gasteiger partial charge in [-0.2, -0.15) is 0 Å². The standard InChI is InChI=1S/C6H8N6O2/c7-6(8)11-4-3(5(14)12-6)10-2(13)1-9-4/h1H,7-8H2,(H,9,11)(H,10,13)(H,12,14). The first-order valence-corrected chi connectivity index (χ1v) is 3.76. The minimum atomic E-state index is -1.55. The molecule has 0 saturated heterocycles. The smallest absolute Gasteiger partial charge is 0.275 e. The van der Waals surface area contributed by atoms with E-state index in [0.29, 0.717) is 0 Å². The molecular weight excluding hydrogens is 188 g/mol. The highest BCUT2D eigenvalue weighted by Gasteiger charge is 2.31. The molecule has 8 nitrogen and oxygen atoms in total. The van der Waals surface area contributed by atoms with Gasteiger partial charge < -0.3 is 15.6 Å². The molecule has 1 aliphatic rings. The third-order valence-electron chi connectivity index (χ3n) is 1.67. The van der Waals surface area contributed by atoms with Gasteiger partial charge in [-0.15, -0.1) is 0 Å². The summed E-state index contributed by atoms with van der Waals surface area (Å²) in [5.74, 6) is -1.97. The van der Waals surface area contributed by atoms with E-state index in [4.69, 9.17) is 11.5 Å². The van der Waals surface area contributed by atoms with Gasteiger partial charge in [-0.05, 0) is 0 Å². The Morgan fingerprint density at radius 2 is 2.00 bits per heavy atom. The lowest BCUT2D eigenvalue weighted by atomic mass is 10.3. The highest BCUT2D eigenvalue weighted by atomic mass is 16.2. The molecule has 2 rings (SSSR count). The molecule has 1 aliphatic heterocycles. The first kappa shape index (κ1) is 8.66. The van der Waals surface area contributed by atoms with E-state index in [2.05, 4.69) is 20.6 Å². The first-order valence-electron chi connectivity index (χ1n) is 3.76.